The Kier molecular flexibility index (Phi) is 6.73. The van der Waals surface area contributed by atoms with Crippen LogP contribution in [0.3, 0.4) is 0 Å². The lowest BCUT2D eigenvalue weighted by molar-refractivity contribution is 0.239. The number of nitrogens with one attached hydrogen (secondary N) is 2. The molecule has 0 radical (unpaired) electrons. The van der Waals surface area contributed by atoms with E-state index in [2.05, 4.69) is 40.7 Å². The zero-order valence-corrected chi connectivity index (χ0v) is 14.9. The summed E-state index contributed by atoms with van der Waals surface area (Å²) in [4.78, 5) is 4.25. The van der Waals surface area contributed by atoms with Gasteiger partial charge < -0.3 is 19.8 Å². The molecule has 5 heteroatoms. The second kappa shape index (κ2) is 9.01. The van der Waals surface area contributed by atoms with Gasteiger partial charge in [0.15, 0.2) is 5.96 Å². The van der Waals surface area contributed by atoms with Crippen molar-refractivity contribution in [3.63, 3.8) is 0 Å². The average Bonchev–Trinajstić information content (AvgIpc) is 3.05. The van der Waals surface area contributed by atoms with Gasteiger partial charge >= 0.3 is 0 Å². The lowest BCUT2D eigenvalue weighted by atomic mass is 10.1. The molecule has 5 nitrogen and oxygen atoms in total. The summed E-state index contributed by atoms with van der Waals surface area (Å²) < 4.78 is 11.2. The van der Waals surface area contributed by atoms with Crippen LogP contribution in [0.15, 0.2) is 46.0 Å². The van der Waals surface area contributed by atoms with Crippen molar-refractivity contribution in [2.24, 2.45) is 4.99 Å². The van der Waals surface area contributed by atoms with E-state index in [4.69, 9.17) is 9.15 Å². The molecule has 0 unspecified atom stereocenters. The van der Waals surface area contributed by atoms with Gasteiger partial charge in [-0.3, -0.25) is 4.99 Å². The average molecular weight is 329 g/mol. The molecular weight excluding hydrogens is 302 g/mol. The Balaban J connectivity index is 1.88. The number of guanidine groups is 1. The standard InChI is InChI=1S/C19H27N3O2/c1-14(2)24-18-12-15(3)7-8-16(18)13-22-19(20-4)21-10-9-17-6-5-11-23-17/h5-8,11-12,14H,9-10,13H2,1-4H3,(H2,20,21,22). The number of aryl methyl sites for hydroxylation is 1. The van der Waals surface area contributed by atoms with Crippen LogP contribution >= 0.6 is 0 Å². The summed E-state index contributed by atoms with van der Waals surface area (Å²) in [6.45, 7) is 7.56. The first-order chi connectivity index (χ1) is 11.6. The van der Waals surface area contributed by atoms with Crippen molar-refractivity contribution in [3.8, 4) is 5.75 Å². The minimum absolute atomic E-state index is 0.149. The summed E-state index contributed by atoms with van der Waals surface area (Å²) in [5.74, 6) is 2.64. The van der Waals surface area contributed by atoms with E-state index in [-0.39, 0.29) is 6.10 Å². The molecule has 0 aliphatic heterocycles. The lowest BCUT2D eigenvalue weighted by Gasteiger charge is -2.17. The summed E-state index contributed by atoms with van der Waals surface area (Å²) in [5, 5.41) is 6.61. The van der Waals surface area contributed by atoms with Gasteiger partial charge in [0.2, 0.25) is 0 Å². The first-order valence-corrected chi connectivity index (χ1v) is 8.31. The van der Waals surface area contributed by atoms with Crippen LogP contribution < -0.4 is 15.4 Å². The molecule has 0 fully saturated rings. The maximum atomic E-state index is 5.91. The number of aliphatic imine (C=N–C) groups is 1. The maximum absolute atomic E-state index is 5.91. The van der Waals surface area contributed by atoms with Crippen LogP contribution in [-0.2, 0) is 13.0 Å². The van der Waals surface area contributed by atoms with E-state index in [0.29, 0.717) is 6.54 Å². The van der Waals surface area contributed by atoms with Gasteiger partial charge in [0.05, 0.1) is 12.4 Å². The topological polar surface area (TPSA) is 58.8 Å². The zero-order valence-electron chi connectivity index (χ0n) is 14.9. The van der Waals surface area contributed by atoms with E-state index in [9.17, 15) is 0 Å². The van der Waals surface area contributed by atoms with Gasteiger partial charge in [0.1, 0.15) is 11.5 Å². The van der Waals surface area contributed by atoms with E-state index in [1.54, 1.807) is 13.3 Å². The van der Waals surface area contributed by atoms with Gasteiger partial charge in [-0.25, -0.2) is 0 Å². The fraction of sp³-hybridized carbons (Fsp3) is 0.421. The monoisotopic (exact) mass is 329 g/mol. The predicted octanol–water partition coefficient (Wildman–Crippen LogP) is 3.28. The Hall–Kier alpha value is -2.43. The Morgan fingerprint density at radius 1 is 1.25 bits per heavy atom. The Morgan fingerprint density at radius 3 is 2.75 bits per heavy atom. The van der Waals surface area contributed by atoms with E-state index in [0.717, 1.165) is 36.0 Å². The molecule has 1 aromatic carbocycles. The third-order valence-electron chi connectivity index (χ3n) is 3.50. The smallest absolute Gasteiger partial charge is 0.191 e. The van der Waals surface area contributed by atoms with E-state index >= 15 is 0 Å². The SMILES string of the molecule is CN=C(NCCc1ccco1)NCc1ccc(C)cc1OC(C)C. The van der Waals surface area contributed by atoms with Crippen molar-refractivity contribution < 1.29 is 9.15 Å². The Bertz CT molecular complexity index is 649. The van der Waals surface area contributed by atoms with Gasteiger partial charge in [0, 0.05) is 32.1 Å². The highest BCUT2D eigenvalue weighted by Gasteiger charge is 2.07. The molecule has 130 valence electrons. The number of nitrogens with zero attached hydrogens (tertiary/aromatic N) is 1. The summed E-state index contributed by atoms with van der Waals surface area (Å²) in [7, 11) is 1.77. The molecular formula is C19H27N3O2. The third kappa shape index (κ3) is 5.65. The summed E-state index contributed by atoms with van der Waals surface area (Å²) in [6.07, 6.45) is 2.66. The van der Waals surface area contributed by atoms with Gasteiger partial charge in [-0.2, -0.15) is 0 Å². The van der Waals surface area contributed by atoms with Crippen molar-refractivity contribution in [1.29, 1.82) is 0 Å². The second-order valence-corrected chi connectivity index (χ2v) is 5.96. The third-order valence-corrected chi connectivity index (χ3v) is 3.50. The Labute approximate surface area is 144 Å². The van der Waals surface area contributed by atoms with Crippen molar-refractivity contribution in [1.82, 2.24) is 10.6 Å². The molecule has 0 amide bonds. The number of hydrogen-bond acceptors (Lipinski definition) is 3. The fourth-order valence-electron chi connectivity index (χ4n) is 2.33. The molecule has 0 atom stereocenters. The van der Waals surface area contributed by atoms with Gasteiger partial charge in [-0.1, -0.05) is 12.1 Å². The van der Waals surface area contributed by atoms with Crippen molar-refractivity contribution in [2.45, 2.75) is 39.8 Å². The summed E-state index contributed by atoms with van der Waals surface area (Å²) >= 11 is 0. The normalized spacial score (nSPS) is 11.6. The molecule has 0 spiro atoms. The van der Waals surface area contributed by atoms with Crippen LogP contribution in [0, 0.1) is 6.92 Å². The van der Waals surface area contributed by atoms with Crippen LogP contribution in [0.5, 0.6) is 5.75 Å². The van der Waals surface area contributed by atoms with Gasteiger partial charge in [-0.15, -0.1) is 0 Å². The van der Waals surface area contributed by atoms with Crippen LogP contribution in [0.25, 0.3) is 0 Å². The quantitative estimate of drug-likeness (QED) is 0.604. The molecule has 24 heavy (non-hydrogen) atoms. The fourth-order valence-corrected chi connectivity index (χ4v) is 2.33. The highest BCUT2D eigenvalue weighted by atomic mass is 16.5. The molecule has 1 aromatic heterocycles. The van der Waals surface area contributed by atoms with Crippen molar-refractivity contribution in [2.75, 3.05) is 13.6 Å². The predicted molar refractivity (Wildman–Crippen MR) is 97.6 cm³/mol. The van der Waals surface area contributed by atoms with Crippen molar-refractivity contribution in [3.05, 3.63) is 53.5 Å². The number of ether oxygens (including phenoxy) is 1. The van der Waals surface area contributed by atoms with Gasteiger partial charge in [0.25, 0.3) is 0 Å². The highest BCUT2D eigenvalue weighted by molar-refractivity contribution is 5.79. The number of hydrogen-bond donors (Lipinski definition) is 2. The molecule has 1 heterocycles. The minimum Gasteiger partial charge on any atom is -0.491 e. The molecule has 2 rings (SSSR count). The minimum atomic E-state index is 0.149. The molecule has 0 aliphatic rings. The lowest BCUT2D eigenvalue weighted by Crippen LogP contribution is -2.37. The molecule has 0 saturated carbocycles. The number of benzene rings is 1. The largest absolute Gasteiger partial charge is 0.491 e. The second-order valence-electron chi connectivity index (χ2n) is 5.96. The van der Waals surface area contributed by atoms with Crippen LogP contribution in [0.2, 0.25) is 0 Å². The van der Waals surface area contributed by atoms with Crippen LogP contribution in [0.1, 0.15) is 30.7 Å². The van der Waals surface area contributed by atoms with E-state index in [1.807, 2.05) is 26.0 Å². The number of furan rings is 1. The van der Waals surface area contributed by atoms with E-state index in [1.165, 1.54) is 5.56 Å². The van der Waals surface area contributed by atoms with Crippen LogP contribution in [-0.4, -0.2) is 25.7 Å². The zero-order chi connectivity index (χ0) is 17.4. The summed E-state index contributed by atoms with van der Waals surface area (Å²) in [6, 6.07) is 10.1. The molecule has 2 N–H and O–H groups in total. The van der Waals surface area contributed by atoms with Crippen LogP contribution in [0.4, 0.5) is 0 Å². The Morgan fingerprint density at radius 2 is 2.08 bits per heavy atom. The highest BCUT2D eigenvalue weighted by Crippen LogP contribution is 2.21. The molecule has 0 bridgehead atoms. The van der Waals surface area contributed by atoms with Crippen molar-refractivity contribution >= 4 is 5.96 Å². The van der Waals surface area contributed by atoms with Gasteiger partial charge in [-0.05, 0) is 44.5 Å². The number of rotatable bonds is 7. The molecule has 0 aliphatic carbocycles. The molecule has 0 saturated heterocycles. The van der Waals surface area contributed by atoms with E-state index < -0.39 is 0 Å². The first kappa shape index (κ1) is 17.9. The summed E-state index contributed by atoms with van der Waals surface area (Å²) in [5.41, 5.74) is 2.30. The maximum Gasteiger partial charge on any atom is 0.191 e. The molecule has 2 aromatic rings. The first-order valence-electron chi connectivity index (χ1n) is 8.31.